The molecule has 0 saturated carbocycles. The summed E-state index contributed by atoms with van der Waals surface area (Å²) in [6.07, 6.45) is 3.51. The Kier molecular flexibility index (Phi) is 4.03. The summed E-state index contributed by atoms with van der Waals surface area (Å²) in [6, 6.07) is 0.352. The monoisotopic (exact) mass is 238 g/mol. The number of amides is 1. The minimum Gasteiger partial charge on any atom is -0.338 e. The highest BCUT2D eigenvalue weighted by molar-refractivity contribution is 5.76. The predicted octanol–water partition coefficient (Wildman–Crippen LogP) is -0.726. The van der Waals surface area contributed by atoms with Gasteiger partial charge in [0.25, 0.3) is 0 Å². The van der Waals surface area contributed by atoms with Gasteiger partial charge in [-0.25, -0.2) is 4.68 Å². The van der Waals surface area contributed by atoms with E-state index >= 15 is 0 Å². The Morgan fingerprint density at radius 2 is 2.29 bits per heavy atom. The lowest BCUT2D eigenvalue weighted by Crippen LogP contribution is -2.47. The van der Waals surface area contributed by atoms with Crippen LogP contribution in [-0.4, -0.2) is 56.7 Å². The first kappa shape index (κ1) is 12.0. The number of nitrogens with one attached hydrogen (secondary N) is 1. The zero-order chi connectivity index (χ0) is 12.1. The van der Waals surface area contributed by atoms with Gasteiger partial charge in [0.05, 0.1) is 0 Å². The van der Waals surface area contributed by atoms with Crippen molar-refractivity contribution in [3.05, 3.63) is 6.33 Å². The van der Waals surface area contributed by atoms with E-state index in [1.54, 1.807) is 0 Å². The van der Waals surface area contributed by atoms with E-state index in [0.29, 0.717) is 6.04 Å². The number of hydrogen-bond acceptors (Lipinski definition) is 5. The minimum atomic E-state index is 0.0895. The first-order chi connectivity index (χ1) is 8.31. The SMILES string of the molecule is CCN(C(=O)Cn1cnnn1)C1CCNCC1. The van der Waals surface area contributed by atoms with Crippen LogP contribution in [0.25, 0.3) is 0 Å². The van der Waals surface area contributed by atoms with Crippen LogP contribution in [0.5, 0.6) is 0 Å². The Balaban J connectivity index is 1.94. The first-order valence-corrected chi connectivity index (χ1v) is 6.02. The molecule has 1 amide bonds. The summed E-state index contributed by atoms with van der Waals surface area (Å²) in [7, 11) is 0. The molecule has 2 heterocycles. The third kappa shape index (κ3) is 3.00. The van der Waals surface area contributed by atoms with Crippen molar-refractivity contribution in [2.24, 2.45) is 0 Å². The fourth-order valence-electron chi connectivity index (χ4n) is 2.24. The molecule has 17 heavy (non-hydrogen) atoms. The van der Waals surface area contributed by atoms with Crippen LogP contribution in [0.3, 0.4) is 0 Å². The second-order valence-electron chi connectivity index (χ2n) is 4.17. The highest BCUT2D eigenvalue weighted by Crippen LogP contribution is 2.12. The van der Waals surface area contributed by atoms with Crippen molar-refractivity contribution in [2.45, 2.75) is 32.4 Å². The second-order valence-corrected chi connectivity index (χ2v) is 4.17. The van der Waals surface area contributed by atoms with Gasteiger partial charge in [-0.1, -0.05) is 0 Å². The van der Waals surface area contributed by atoms with Gasteiger partial charge >= 0.3 is 0 Å². The molecule has 1 aliphatic heterocycles. The molecule has 1 N–H and O–H groups in total. The molecule has 1 aliphatic rings. The Labute approximate surface area is 100 Å². The summed E-state index contributed by atoms with van der Waals surface area (Å²) >= 11 is 0. The van der Waals surface area contributed by atoms with Gasteiger partial charge in [-0.15, -0.1) is 5.10 Å². The Hall–Kier alpha value is -1.50. The second kappa shape index (κ2) is 5.72. The molecule has 1 aromatic heterocycles. The number of carbonyl (C=O) groups is 1. The van der Waals surface area contributed by atoms with Crippen molar-refractivity contribution < 1.29 is 4.79 Å². The van der Waals surface area contributed by atoms with Crippen LogP contribution in [0.4, 0.5) is 0 Å². The van der Waals surface area contributed by atoms with Gasteiger partial charge in [0.2, 0.25) is 5.91 Å². The van der Waals surface area contributed by atoms with Crippen LogP contribution >= 0.6 is 0 Å². The molecule has 7 nitrogen and oxygen atoms in total. The van der Waals surface area contributed by atoms with Crippen molar-refractivity contribution in [3.63, 3.8) is 0 Å². The van der Waals surface area contributed by atoms with E-state index in [-0.39, 0.29) is 12.5 Å². The molecule has 0 spiro atoms. The molecule has 1 aromatic rings. The van der Waals surface area contributed by atoms with Gasteiger partial charge < -0.3 is 10.2 Å². The zero-order valence-electron chi connectivity index (χ0n) is 10.0. The van der Waals surface area contributed by atoms with Gasteiger partial charge in [-0.05, 0) is 43.3 Å². The van der Waals surface area contributed by atoms with E-state index in [4.69, 9.17) is 0 Å². The molecule has 0 atom stereocenters. The van der Waals surface area contributed by atoms with E-state index in [2.05, 4.69) is 20.8 Å². The van der Waals surface area contributed by atoms with Crippen LogP contribution in [-0.2, 0) is 11.3 Å². The molecule has 7 heteroatoms. The molecule has 0 aliphatic carbocycles. The average molecular weight is 238 g/mol. The smallest absolute Gasteiger partial charge is 0.244 e. The number of nitrogens with zero attached hydrogens (tertiary/aromatic N) is 5. The largest absolute Gasteiger partial charge is 0.338 e. The van der Waals surface area contributed by atoms with Crippen molar-refractivity contribution in [1.29, 1.82) is 0 Å². The van der Waals surface area contributed by atoms with Crippen LogP contribution in [0, 0.1) is 0 Å². The van der Waals surface area contributed by atoms with Crippen molar-refractivity contribution in [1.82, 2.24) is 30.4 Å². The fraction of sp³-hybridized carbons (Fsp3) is 0.800. The summed E-state index contributed by atoms with van der Waals surface area (Å²) in [4.78, 5) is 14.1. The van der Waals surface area contributed by atoms with Crippen LogP contribution in [0.15, 0.2) is 6.33 Å². The third-order valence-electron chi connectivity index (χ3n) is 3.10. The summed E-state index contributed by atoms with van der Waals surface area (Å²) in [5.74, 6) is 0.0895. The lowest BCUT2D eigenvalue weighted by molar-refractivity contribution is -0.134. The topological polar surface area (TPSA) is 75.9 Å². The van der Waals surface area contributed by atoms with Crippen LogP contribution < -0.4 is 5.32 Å². The number of likely N-dealkylation sites (N-methyl/N-ethyl adjacent to an activating group) is 1. The van der Waals surface area contributed by atoms with Crippen molar-refractivity contribution in [3.8, 4) is 0 Å². The number of hydrogen-bond donors (Lipinski definition) is 1. The lowest BCUT2D eigenvalue weighted by atomic mass is 10.0. The Bertz CT molecular complexity index is 346. The maximum Gasteiger partial charge on any atom is 0.244 e. The number of carbonyl (C=O) groups excluding carboxylic acids is 1. The average Bonchev–Trinajstić information content (AvgIpc) is 2.84. The van der Waals surface area contributed by atoms with Gasteiger partial charge in [-0.3, -0.25) is 4.79 Å². The third-order valence-corrected chi connectivity index (χ3v) is 3.10. The lowest BCUT2D eigenvalue weighted by Gasteiger charge is -2.33. The Morgan fingerprint density at radius 1 is 1.53 bits per heavy atom. The van der Waals surface area contributed by atoms with E-state index in [0.717, 1.165) is 32.5 Å². The highest BCUT2D eigenvalue weighted by atomic mass is 16.2. The van der Waals surface area contributed by atoms with Crippen molar-refractivity contribution >= 4 is 5.91 Å². The highest BCUT2D eigenvalue weighted by Gasteiger charge is 2.24. The van der Waals surface area contributed by atoms with Gasteiger partial charge in [0, 0.05) is 12.6 Å². The summed E-state index contributed by atoms with van der Waals surface area (Å²) in [5, 5.41) is 14.1. The molecule has 94 valence electrons. The molecule has 0 radical (unpaired) electrons. The summed E-state index contributed by atoms with van der Waals surface area (Å²) in [5.41, 5.74) is 0. The summed E-state index contributed by atoms with van der Waals surface area (Å²) in [6.45, 7) is 4.95. The fourth-order valence-corrected chi connectivity index (χ4v) is 2.24. The van der Waals surface area contributed by atoms with E-state index in [9.17, 15) is 4.79 Å². The standard InChI is InChI=1S/C10H18N6O/c1-2-16(9-3-5-11-6-4-9)10(17)7-15-8-12-13-14-15/h8-9,11H,2-7H2,1H3. The van der Waals surface area contributed by atoms with E-state index in [1.165, 1.54) is 11.0 Å². The van der Waals surface area contributed by atoms with Gasteiger partial charge in [0.15, 0.2) is 0 Å². The van der Waals surface area contributed by atoms with Gasteiger partial charge in [-0.2, -0.15) is 0 Å². The molecule has 1 saturated heterocycles. The number of aromatic nitrogens is 4. The van der Waals surface area contributed by atoms with Crippen LogP contribution in [0.1, 0.15) is 19.8 Å². The zero-order valence-corrected chi connectivity index (χ0v) is 10.0. The predicted molar refractivity (Wildman–Crippen MR) is 61.1 cm³/mol. The van der Waals surface area contributed by atoms with Crippen molar-refractivity contribution in [2.75, 3.05) is 19.6 Å². The van der Waals surface area contributed by atoms with E-state index < -0.39 is 0 Å². The maximum absolute atomic E-state index is 12.1. The normalized spacial score (nSPS) is 17.0. The first-order valence-electron chi connectivity index (χ1n) is 6.02. The number of rotatable bonds is 4. The molecule has 0 unspecified atom stereocenters. The number of piperidine rings is 1. The van der Waals surface area contributed by atoms with Gasteiger partial charge in [0.1, 0.15) is 12.9 Å². The quantitative estimate of drug-likeness (QED) is 0.748. The number of tetrazole rings is 1. The Morgan fingerprint density at radius 3 is 2.88 bits per heavy atom. The summed E-state index contributed by atoms with van der Waals surface area (Å²) < 4.78 is 1.46. The van der Waals surface area contributed by atoms with Crippen LogP contribution in [0.2, 0.25) is 0 Å². The molecular weight excluding hydrogens is 220 g/mol. The molecule has 2 rings (SSSR count). The molecular formula is C10H18N6O. The maximum atomic E-state index is 12.1. The molecule has 0 aromatic carbocycles. The van der Waals surface area contributed by atoms with E-state index in [1.807, 2.05) is 11.8 Å². The molecule has 1 fully saturated rings. The molecule has 0 bridgehead atoms. The minimum absolute atomic E-state index is 0.0895.